The van der Waals surface area contributed by atoms with Gasteiger partial charge in [0.05, 0.1) is 16.3 Å². The average molecular weight is 311 g/mol. The minimum absolute atomic E-state index is 0.0959. The third-order valence-corrected chi connectivity index (χ3v) is 4.10. The number of hydrogen-bond donors (Lipinski definition) is 2. The molecule has 0 saturated carbocycles. The van der Waals surface area contributed by atoms with Crippen LogP contribution in [-0.2, 0) is 0 Å². The van der Waals surface area contributed by atoms with E-state index in [0.29, 0.717) is 17.3 Å². The summed E-state index contributed by atoms with van der Waals surface area (Å²) in [4.78, 5) is 25.1. The molecule has 114 valence electrons. The zero-order valence-corrected chi connectivity index (χ0v) is 12.7. The maximum atomic E-state index is 12.4. The molecule has 1 aliphatic heterocycles. The Morgan fingerprint density at radius 2 is 2.10 bits per heavy atom. The number of benzene rings is 1. The van der Waals surface area contributed by atoms with Crippen molar-refractivity contribution >= 4 is 29.3 Å². The Balaban J connectivity index is 2.14. The van der Waals surface area contributed by atoms with E-state index >= 15 is 0 Å². The highest BCUT2D eigenvalue weighted by Gasteiger charge is 2.22. The maximum absolute atomic E-state index is 12.4. The molecule has 1 heterocycles. The molecule has 5 nitrogen and oxygen atoms in total. The van der Waals surface area contributed by atoms with Gasteiger partial charge in [0.2, 0.25) is 0 Å². The number of urea groups is 1. The molecular formula is C15H19ClN2O3. The number of amides is 2. The molecule has 0 aliphatic carbocycles. The fourth-order valence-corrected chi connectivity index (χ4v) is 2.68. The molecule has 1 atom stereocenters. The fraction of sp³-hybridized carbons (Fsp3) is 0.467. The van der Waals surface area contributed by atoms with E-state index in [9.17, 15) is 9.59 Å². The summed E-state index contributed by atoms with van der Waals surface area (Å²) in [6.45, 7) is 2.74. The summed E-state index contributed by atoms with van der Waals surface area (Å²) in [6.07, 6.45) is 4.22. The summed E-state index contributed by atoms with van der Waals surface area (Å²) in [5, 5.41) is 12.1. The highest BCUT2D eigenvalue weighted by atomic mass is 35.5. The van der Waals surface area contributed by atoms with E-state index in [-0.39, 0.29) is 17.6 Å². The third kappa shape index (κ3) is 3.88. The second kappa shape index (κ2) is 6.80. The third-order valence-electron chi connectivity index (χ3n) is 3.77. The second-order valence-electron chi connectivity index (χ2n) is 5.32. The average Bonchev–Trinajstić information content (AvgIpc) is 2.65. The maximum Gasteiger partial charge on any atom is 0.335 e. The van der Waals surface area contributed by atoms with Gasteiger partial charge in [-0.3, -0.25) is 0 Å². The van der Waals surface area contributed by atoms with Gasteiger partial charge < -0.3 is 15.3 Å². The van der Waals surface area contributed by atoms with E-state index in [4.69, 9.17) is 16.7 Å². The topological polar surface area (TPSA) is 69.6 Å². The van der Waals surface area contributed by atoms with Crippen LogP contribution in [0.4, 0.5) is 10.5 Å². The van der Waals surface area contributed by atoms with E-state index < -0.39 is 5.97 Å². The first-order valence-electron chi connectivity index (χ1n) is 7.09. The van der Waals surface area contributed by atoms with E-state index in [1.807, 2.05) is 6.92 Å². The molecule has 2 rings (SSSR count). The Morgan fingerprint density at radius 3 is 2.81 bits per heavy atom. The number of aromatic carboxylic acids is 1. The van der Waals surface area contributed by atoms with Gasteiger partial charge in [-0.15, -0.1) is 0 Å². The molecule has 1 aliphatic rings. The molecule has 1 fully saturated rings. The zero-order chi connectivity index (χ0) is 15.4. The van der Waals surface area contributed by atoms with E-state index in [1.54, 1.807) is 4.90 Å². The summed E-state index contributed by atoms with van der Waals surface area (Å²) in [6, 6.07) is 4.22. The molecule has 1 unspecified atom stereocenters. The van der Waals surface area contributed by atoms with Crippen LogP contribution >= 0.6 is 11.6 Å². The van der Waals surface area contributed by atoms with Crippen LogP contribution in [0.1, 0.15) is 43.0 Å². The molecule has 0 bridgehead atoms. The normalized spacial score (nSPS) is 19.0. The van der Waals surface area contributed by atoms with Gasteiger partial charge >= 0.3 is 12.0 Å². The summed E-state index contributed by atoms with van der Waals surface area (Å²) in [7, 11) is 0. The van der Waals surface area contributed by atoms with Crippen molar-refractivity contribution in [2.45, 2.75) is 38.6 Å². The minimum Gasteiger partial charge on any atom is -0.478 e. The van der Waals surface area contributed by atoms with Crippen molar-refractivity contribution in [1.29, 1.82) is 0 Å². The molecule has 1 saturated heterocycles. The molecule has 0 aromatic heterocycles. The van der Waals surface area contributed by atoms with Gasteiger partial charge in [-0.05, 0) is 38.0 Å². The van der Waals surface area contributed by atoms with Crippen molar-refractivity contribution in [3.63, 3.8) is 0 Å². The summed E-state index contributed by atoms with van der Waals surface area (Å²) >= 11 is 6.03. The molecular weight excluding hydrogens is 292 g/mol. The predicted octanol–water partition coefficient (Wildman–Crippen LogP) is 3.83. The van der Waals surface area contributed by atoms with Crippen molar-refractivity contribution in [3.8, 4) is 0 Å². The Kier molecular flexibility index (Phi) is 5.07. The van der Waals surface area contributed by atoms with Crippen molar-refractivity contribution in [1.82, 2.24) is 4.90 Å². The number of anilines is 1. The van der Waals surface area contributed by atoms with Crippen molar-refractivity contribution in [3.05, 3.63) is 28.8 Å². The van der Waals surface area contributed by atoms with Crippen molar-refractivity contribution in [2.24, 2.45) is 0 Å². The first kappa shape index (κ1) is 15.6. The van der Waals surface area contributed by atoms with Crippen LogP contribution in [-0.4, -0.2) is 34.6 Å². The van der Waals surface area contributed by atoms with Gasteiger partial charge in [0.1, 0.15) is 0 Å². The largest absolute Gasteiger partial charge is 0.478 e. The standard InChI is InChI=1S/C15H19ClN2O3/c1-10-5-3-2-4-8-18(10)15(21)17-13-9-11(14(19)20)6-7-12(13)16/h6-7,9-10H,2-5,8H2,1H3,(H,17,21)(H,19,20). The van der Waals surface area contributed by atoms with Gasteiger partial charge in [-0.1, -0.05) is 24.4 Å². The first-order chi connectivity index (χ1) is 9.99. The van der Waals surface area contributed by atoms with E-state index in [2.05, 4.69) is 5.32 Å². The summed E-state index contributed by atoms with van der Waals surface area (Å²) in [5.41, 5.74) is 0.427. The van der Waals surface area contributed by atoms with Crippen LogP contribution in [0.2, 0.25) is 5.02 Å². The Bertz CT molecular complexity index is 548. The zero-order valence-electron chi connectivity index (χ0n) is 11.9. The molecule has 21 heavy (non-hydrogen) atoms. The van der Waals surface area contributed by atoms with Crippen LogP contribution in [0.3, 0.4) is 0 Å². The number of halogens is 1. The number of nitrogens with one attached hydrogen (secondary N) is 1. The number of carboxylic acids is 1. The Labute approximate surface area is 128 Å². The monoisotopic (exact) mass is 310 g/mol. The Hall–Kier alpha value is -1.75. The molecule has 2 N–H and O–H groups in total. The predicted molar refractivity (Wildman–Crippen MR) is 82.1 cm³/mol. The van der Waals surface area contributed by atoms with Crippen LogP contribution in [0.15, 0.2) is 18.2 Å². The number of hydrogen-bond acceptors (Lipinski definition) is 2. The molecule has 1 aromatic rings. The van der Waals surface area contributed by atoms with Crippen LogP contribution in [0.25, 0.3) is 0 Å². The molecule has 0 spiro atoms. The smallest absolute Gasteiger partial charge is 0.335 e. The number of carboxylic acid groups (broad SMARTS) is 1. The molecule has 0 radical (unpaired) electrons. The lowest BCUT2D eigenvalue weighted by Crippen LogP contribution is -2.41. The van der Waals surface area contributed by atoms with Gasteiger partial charge in [-0.2, -0.15) is 0 Å². The second-order valence-corrected chi connectivity index (χ2v) is 5.73. The number of carbonyl (C=O) groups excluding carboxylic acids is 1. The minimum atomic E-state index is -1.05. The molecule has 1 aromatic carbocycles. The van der Waals surface area contributed by atoms with E-state index in [0.717, 1.165) is 25.7 Å². The van der Waals surface area contributed by atoms with Gasteiger partial charge in [0.15, 0.2) is 0 Å². The number of likely N-dealkylation sites (tertiary alicyclic amines) is 1. The summed E-state index contributed by atoms with van der Waals surface area (Å²) in [5.74, 6) is -1.05. The van der Waals surface area contributed by atoms with Gasteiger partial charge in [-0.25, -0.2) is 9.59 Å². The van der Waals surface area contributed by atoms with E-state index in [1.165, 1.54) is 18.2 Å². The molecule has 2 amide bonds. The van der Waals surface area contributed by atoms with Crippen LogP contribution in [0, 0.1) is 0 Å². The van der Waals surface area contributed by atoms with Gasteiger partial charge in [0.25, 0.3) is 0 Å². The molecule has 6 heteroatoms. The van der Waals surface area contributed by atoms with Crippen LogP contribution < -0.4 is 5.32 Å². The Morgan fingerprint density at radius 1 is 1.33 bits per heavy atom. The van der Waals surface area contributed by atoms with Crippen molar-refractivity contribution < 1.29 is 14.7 Å². The highest BCUT2D eigenvalue weighted by molar-refractivity contribution is 6.33. The SMILES string of the molecule is CC1CCCCCN1C(=O)Nc1cc(C(=O)O)ccc1Cl. The summed E-state index contributed by atoms with van der Waals surface area (Å²) < 4.78 is 0. The lowest BCUT2D eigenvalue weighted by molar-refractivity contribution is 0.0697. The van der Waals surface area contributed by atoms with Crippen LogP contribution in [0.5, 0.6) is 0 Å². The number of rotatable bonds is 2. The lowest BCUT2D eigenvalue weighted by atomic mass is 10.1. The fourth-order valence-electron chi connectivity index (χ4n) is 2.52. The number of carbonyl (C=O) groups is 2. The first-order valence-corrected chi connectivity index (χ1v) is 7.47. The number of nitrogens with zero attached hydrogens (tertiary/aromatic N) is 1. The van der Waals surface area contributed by atoms with Crippen molar-refractivity contribution in [2.75, 3.05) is 11.9 Å². The van der Waals surface area contributed by atoms with Gasteiger partial charge in [0, 0.05) is 12.6 Å². The highest BCUT2D eigenvalue weighted by Crippen LogP contribution is 2.24. The quantitative estimate of drug-likeness (QED) is 0.872. The lowest BCUT2D eigenvalue weighted by Gasteiger charge is -2.27.